The fraction of sp³-hybridized carbons (Fsp3) is 0.368. The molecule has 0 aromatic heterocycles. The van der Waals surface area contributed by atoms with Crippen molar-refractivity contribution in [3.05, 3.63) is 53.8 Å². The topological polar surface area (TPSA) is 32.8 Å². The maximum atomic E-state index is 13.9. The summed E-state index contributed by atoms with van der Waals surface area (Å²) in [5.41, 5.74) is 2.96. The zero-order valence-electron chi connectivity index (χ0n) is 14.3. The van der Waals surface area contributed by atoms with E-state index in [0.717, 1.165) is 43.3 Å². The molecule has 6 heteroatoms. The smallest absolute Gasteiger partial charge is 0.183 e. The van der Waals surface area contributed by atoms with Crippen molar-refractivity contribution < 1.29 is 8.94 Å². The van der Waals surface area contributed by atoms with E-state index in [1.165, 1.54) is 11.6 Å². The van der Waals surface area contributed by atoms with Crippen LogP contribution in [-0.2, 0) is 17.7 Å². The minimum Gasteiger partial charge on any atom is -0.610 e. The second-order valence-electron chi connectivity index (χ2n) is 6.69. The Kier molecular flexibility index (Phi) is 4.58. The number of hydrogen-bond donors (Lipinski definition) is 0. The Bertz CT molecular complexity index is 764. The van der Waals surface area contributed by atoms with Crippen LogP contribution in [0.5, 0.6) is 0 Å². The van der Waals surface area contributed by atoms with Gasteiger partial charge < -0.3 is 14.4 Å². The lowest BCUT2D eigenvalue weighted by Gasteiger charge is -2.36. The van der Waals surface area contributed by atoms with Gasteiger partial charge in [0, 0.05) is 50.9 Å². The molecule has 0 radical (unpaired) electrons. The summed E-state index contributed by atoms with van der Waals surface area (Å²) in [6.07, 6.45) is 0. The molecule has 1 fully saturated rings. The van der Waals surface area contributed by atoms with Crippen LogP contribution in [-0.4, -0.2) is 48.6 Å². The Morgan fingerprint density at radius 2 is 1.80 bits per heavy atom. The van der Waals surface area contributed by atoms with E-state index in [1.54, 1.807) is 6.07 Å². The summed E-state index contributed by atoms with van der Waals surface area (Å²) in [4.78, 5) is 7.48. The molecule has 0 aliphatic carbocycles. The van der Waals surface area contributed by atoms with E-state index in [4.69, 9.17) is 0 Å². The third kappa shape index (κ3) is 3.34. The third-order valence-electron chi connectivity index (χ3n) is 4.96. The summed E-state index contributed by atoms with van der Waals surface area (Å²) >= 11 is -0.920. The van der Waals surface area contributed by atoms with E-state index in [-0.39, 0.29) is 5.82 Å². The van der Waals surface area contributed by atoms with Gasteiger partial charge in [-0.2, -0.15) is 0 Å². The number of anilines is 2. The van der Waals surface area contributed by atoms with Crippen LogP contribution >= 0.6 is 0 Å². The highest BCUT2D eigenvalue weighted by Gasteiger charge is 2.29. The molecular formula is C19H22FN3OS. The van der Waals surface area contributed by atoms with E-state index in [2.05, 4.69) is 28.0 Å². The highest BCUT2D eigenvalue weighted by molar-refractivity contribution is 7.92. The van der Waals surface area contributed by atoms with Gasteiger partial charge >= 0.3 is 0 Å². The van der Waals surface area contributed by atoms with E-state index in [0.29, 0.717) is 11.6 Å². The number of nitrogens with zero attached hydrogens (tertiary/aromatic N) is 3. The van der Waals surface area contributed by atoms with Crippen LogP contribution in [0.2, 0.25) is 0 Å². The Hall–Kier alpha value is -1.76. The average Bonchev–Trinajstić information content (AvgIpc) is 2.90. The van der Waals surface area contributed by atoms with Crippen LogP contribution in [0.3, 0.4) is 0 Å². The summed E-state index contributed by atoms with van der Waals surface area (Å²) < 4.78 is 26.1. The van der Waals surface area contributed by atoms with E-state index >= 15 is 0 Å². The first-order valence-corrected chi connectivity index (χ1v) is 9.88. The summed E-state index contributed by atoms with van der Waals surface area (Å²) in [6, 6.07) is 13.3. The largest absolute Gasteiger partial charge is 0.610 e. The van der Waals surface area contributed by atoms with Gasteiger partial charge in [-0.1, -0.05) is 18.2 Å². The first kappa shape index (κ1) is 16.7. The lowest BCUT2D eigenvalue weighted by Crippen LogP contribution is -2.46. The van der Waals surface area contributed by atoms with Gasteiger partial charge in [0.05, 0.1) is 11.4 Å². The second-order valence-corrected chi connectivity index (χ2v) is 8.08. The average molecular weight is 359 g/mol. The molecule has 2 aliphatic rings. The number of halogens is 1. The van der Waals surface area contributed by atoms with E-state index < -0.39 is 11.2 Å². The minimum absolute atomic E-state index is 0.152. The first-order chi connectivity index (χ1) is 12.1. The maximum Gasteiger partial charge on any atom is 0.183 e. The summed E-state index contributed by atoms with van der Waals surface area (Å²) in [5, 5.41) is 0. The van der Waals surface area contributed by atoms with Crippen LogP contribution in [0.15, 0.2) is 47.4 Å². The summed E-state index contributed by atoms with van der Waals surface area (Å²) in [6.45, 7) is 4.28. The van der Waals surface area contributed by atoms with Crippen molar-refractivity contribution in [2.45, 2.75) is 11.4 Å². The third-order valence-corrected chi connectivity index (χ3v) is 6.40. The molecule has 0 amide bonds. The predicted molar refractivity (Wildman–Crippen MR) is 100 cm³/mol. The number of hydrogen-bond acceptors (Lipinski definition) is 4. The molecule has 132 valence electrons. The van der Waals surface area contributed by atoms with Crippen molar-refractivity contribution in [2.75, 3.05) is 48.9 Å². The fourth-order valence-electron chi connectivity index (χ4n) is 3.58. The number of rotatable bonds is 3. The Balaban J connectivity index is 1.40. The highest BCUT2D eigenvalue weighted by Crippen LogP contribution is 2.33. The minimum atomic E-state index is -0.920. The molecule has 2 aromatic rings. The number of fused-ring (bicyclic) bond motifs is 1. The van der Waals surface area contributed by atoms with Crippen LogP contribution in [0.4, 0.5) is 15.8 Å². The van der Waals surface area contributed by atoms with Gasteiger partial charge in [-0.05, 0) is 29.8 Å². The zero-order chi connectivity index (χ0) is 17.4. The van der Waals surface area contributed by atoms with Crippen molar-refractivity contribution in [3.63, 3.8) is 0 Å². The van der Waals surface area contributed by atoms with Crippen molar-refractivity contribution in [1.29, 1.82) is 0 Å². The molecule has 0 bridgehead atoms. The molecule has 4 nitrogen and oxygen atoms in total. The molecular weight excluding hydrogens is 337 g/mol. The standard InChI is InChI=1S/C19H22FN3OS/c1-21-14-25(24)19-12-15(6-7-18(19)21)13-22-8-10-23(11-9-22)17-5-3-2-4-16(17)20/h2-7,12H,8-11,13-14H2,1H3. The molecule has 0 saturated carbocycles. The second kappa shape index (κ2) is 6.86. The van der Waals surface area contributed by atoms with Crippen molar-refractivity contribution in [3.8, 4) is 0 Å². The zero-order valence-corrected chi connectivity index (χ0v) is 15.1. The normalized spacial score (nSPS) is 20.8. The Labute approximate surface area is 151 Å². The molecule has 4 rings (SSSR count). The number of piperazine rings is 1. The Morgan fingerprint density at radius 3 is 2.56 bits per heavy atom. The van der Waals surface area contributed by atoms with E-state index in [9.17, 15) is 8.94 Å². The molecule has 2 heterocycles. The number of benzene rings is 2. The van der Waals surface area contributed by atoms with Crippen LogP contribution < -0.4 is 9.80 Å². The molecule has 0 spiro atoms. The molecule has 1 saturated heterocycles. The molecule has 2 aliphatic heterocycles. The van der Waals surface area contributed by atoms with Crippen LogP contribution in [0, 0.1) is 5.82 Å². The van der Waals surface area contributed by atoms with Gasteiger partial charge in [-0.25, -0.2) is 4.39 Å². The van der Waals surface area contributed by atoms with Crippen molar-refractivity contribution in [1.82, 2.24) is 4.90 Å². The number of para-hydroxylation sites is 1. The Morgan fingerprint density at radius 1 is 1.04 bits per heavy atom. The molecule has 2 aromatic carbocycles. The highest BCUT2D eigenvalue weighted by atomic mass is 32.2. The van der Waals surface area contributed by atoms with Crippen LogP contribution in [0.1, 0.15) is 5.56 Å². The van der Waals surface area contributed by atoms with Crippen molar-refractivity contribution in [2.24, 2.45) is 0 Å². The predicted octanol–water partition coefficient (Wildman–Crippen LogP) is 2.66. The molecule has 1 unspecified atom stereocenters. The van der Waals surface area contributed by atoms with Crippen LogP contribution in [0.25, 0.3) is 0 Å². The first-order valence-electron chi connectivity index (χ1n) is 8.56. The summed E-state index contributed by atoms with van der Waals surface area (Å²) in [7, 11) is 1.98. The SMILES string of the molecule is CN1C[S+]([O-])c2cc(CN3CCN(c4ccccc4F)CC3)ccc21. The molecule has 0 N–H and O–H groups in total. The van der Waals surface area contributed by atoms with E-state index in [1.807, 2.05) is 24.1 Å². The maximum absolute atomic E-state index is 13.9. The van der Waals surface area contributed by atoms with Gasteiger partial charge in [0.25, 0.3) is 0 Å². The van der Waals surface area contributed by atoms with Gasteiger partial charge in [0.2, 0.25) is 0 Å². The quantitative estimate of drug-likeness (QED) is 0.789. The van der Waals surface area contributed by atoms with Gasteiger partial charge in [-0.15, -0.1) is 0 Å². The fourth-order valence-corrected chi connectivity index (χ4v) is 4.95. The lowest BCUT2D eigenvalue weighted by atomic mass is 10.1. The lowest BCUT2D eigenvalue weighted by molar-refractivity contribution is 0.249. The summed E-state index contributed by atoms with van der Waals surface area (Å²) in [5.74, 6) is 0.432. The van der Waals surface area contributed by atoms with Gasteiger partial charge in [0.1, 0.15) is 5.82 Å². The molecule has 25 heavy (non-hydrogen) atoms. The van der Waals surface area contributed by atoms with Crippen molar-refractivity contribution >= 4 is 22.6 Å². The van der Waals surface area contributed by atoms with Gasteiger partial charge in [0.15, 0.2) is 10.8 Å². The van der Waals surface area contributed by atoms with Gasteiger partial charge in [-0.3, -0.25) is 4.90 Å². The monoisotopic (exact) mass is 359 g/mol. The molecule has 1 atom stereocenters.